The van der Waals surface area contributed by atoms with Crippen LogP contribution in [-0.4, -0.2) is 9.97 Å². The fourth-order valence-corrected chi connectivity index (χ4v) is 2.36. The number of nitrogens with zero attached hydrogens (tertiary/aromatic N) is 2. The molecule has 1 heterocycles. The molecule has 0 aliphatic rings. The van der Waals surface area contributed by atoms with Crippen LogP contribution in [0, 0.1) is 6.92 Å². The summed E-state index contributed by atoms with van der Waals surface area (Å²) in [5, 5.41) is 0. The van der Waals surface area contributed by atoms with Gasteiger partial charge in [0.05, 0.1) is 5.56 Å². The Labute approximate surface area is 133 Å². The third-order valence-electron chi connectivity index (χ3n) is 3.30. The topological polar surface area (TPSA) is 61.0 Å². The Bertz CT molecular complexity index is 656. The molecule has 4 nitrogen and oxygen atoms in total. The Hall–Kier alpha value is -1.62. The van der Waals surface area contributed by atoms with Gasteiger partial charge in [-0.3, -0.25) is 0 Å². The van der Waals surface area contributed by atoms with Crippen molar-refractivity contribution in [2.75, 3.05) is 5.73 Å². The van der Waals surface area contributed by atoms with Crippen LogP contribution in [0.4, 0.5) is 5.82 Å². The number of aryl methyl sites for hydroxylation is 1. The molecule has 21 heavy (non-hydrogen) atoms. The van der Waals surface area contributed by atoms with Crippen LogP contribution < -0.4 is 10.5 Å². The van der Waals surface area contributed by atoms with Gasteiger partial charge in [0.15, 0.2) is 0 Å². The van der Waals surface area contributed by atoms with Crippen molar-refractivity contribution >= 4 is 21.7 Å². The molecule has 1 aromatic heterocycles. The van der Waals surface area contributed by atoms with E-state index in [0.717, 1.165) is 27.8 Å². The molecule has 5 heteroatoms. The highest BCUT2D eigenvalue weighted by Crippen LogP contribution is 2.34. The molecule has 0 unspecified atom stereocenters. The molecule has 0 fully saturated rings. The number of rotatable bonds is 4. The summed E-state index contributed by atoms with van der Waals surface area (Å²) in [6.07, 6.45) is 0.720. The number of ether oxygens (including phenoxy) is 1. The number of anilines is 1. The van der Waals surface area contributed by atoms with Gasteiger partial charge in [-0.25, -0.2) is 4.98 Å². The highest BCUT2D eigenvalue weighted by molar-refractivity contribution is 9.10. The minimum atomic E-state index is 0.350. The summed E-state index contributed by atoms with van der Waals surface area (Å²) in [6, 6.07) is 5.98. The lowest BCUT2D eigenvalue weighted by Gasteiger charge is -2.15. The highest BCUT2D eigenvalue weighted by Gasteiger charge is 2.14. The molecule has 0 atom stereocenters. The third-order valence-corrected chi connectivity index (χ3v) is 3.80. The van der Waals surface area contributed by atoms with E-state index >= 15 is 0 Å². The minimum absolute atomic E-state index is 0.350. The van der Waals surface area contributed by atoms with Crippen LogP contribution in [-0.2, 0) is 6.42 Å². The molecule has 0 radical (unpaired) electrons. The molecule has 0 bridgehead atoms. The number of hydrogen-bond acceptors (Lipinski definition) is 4. The summed E-state index contributed by atoms with van der Waals surface area (Å²) < 4.78 is 7.06. The molecule has 2 aromatic rings. The Morgan fingerprint density at radius 3 is 2.62 bits per heavy atom. The maximum Gasteiger partial charge on any atom is 0.227 e. The van der Waals surface area contributed by atoms with Crippen LogP contribution in [0.25, 0.3) is 0 Å². The van der Waals surface area contributed by atoms with Crippen molar-refractivity contribution in [3.8, 4) is 11.6 Å². The first-order valence-electron chi connectivity index (χ1n) is 7.02. The Kier molecular flexibility index (Phi) is 4.83. The average molecular weight is 350 g/mol. The zero-order valence-electron chi connectivity index (χ0n) is 12.8. The number of hydrogen-bond donors (Lipinski definition) is 1. The molecular formula is C16H20BrN3O. The fraction of sp³-hybridized carbons (Fsp3) is 0.375. The van der Waals surface area contributed by atoms with E-state index in [1.54, 1.807) is 0 Å². The number of aromatic nitrogens is 2. The van der Waals surface area contributed by atoms with Gasteiger partial charge >= 0.3 is 0 Å². The summed E-state index contributed by atoms with van der Waals surface area (Å²) in [7, 11) is 0. The first-order valence-corrected chi connectivity index (χ1v) is 7.82. The quantitative estimate of drug-likeness (QED) is 0.875. The second-order valence-electron chi connectivity index (χ2n) is 5.25. The lowest BCUT2D eigenvalue weighted by Crippen LogP contribution is -2.05. The monoisotopic (exact) mass is 349 g/mol. The summed E-state index contributed by atoms with van der Waals surface area (Å²) in [5.41, 5.74) is 7.83. The zero-order chi connectivity index (χ0) is 15.6. The van der Waals surface area contributed by atoms with Crippen molar-refractivity contribution < 1.29 is 4.74 Å². The Morgan fingerprint density at radius 2 is 2.00 bits per heavy atom. The molecule has 0 aliphatic heterocycles. The first-order chi connectivity index (χ1) is 9.92. The van der Waals surface area contributed by atoms with E-state index in [1.807, 2.05) is 26.0 Å². The van der Waals surface area contributed by atoms with E-state index < -0.39 is 0 Å². The lowest BCUT2D eigenvalue weighted by atomic mass is 10.0. The second kappa shape index (κ2) is 6.43. The van der Waals surface area contributed by atoms with Crippen LogP contribution >= 0.6 is 15.9 Å². The summed E-state index contributed by atoms with van der Waals surface area (Å²) >= 11 is 3.50. The summed E-state index contributed by atoms with van der Waals surface area (Å²) in [5.74, 6) is 2.85. The minimum Gasteiger partial charge on any atom is -0.438 e. The van der Waals surface area contributed by atoms with E-state index in [-0.39, 0.29) is 0 Å². The molecular weight excluding hydrogens is 330 g/mol. The maximum atomic E-state index is 6.03. The van der Waals surface area contributed by atoms with Crippen LogP contribution in [0.5, 0.6) is 11.6 Å². The SMILES string of the molecule is CCc1nc(N)c(C)c(Oc2ccc(Br)cc2C(C)C)n1. The summed E-state index contributed by atoms with van der Waals surface area (Å²) in [4.78, 5) is 8.69. The van der Waals surface area contributed by atoms with Crippen LogP contribution in [0.2, 0.25) is 0 Å². The van der Waals surface area contributed by atoms with E-state index in [9.17, 15) is 0 Å². The Morgan fingerprint density at radius 1 is 1.29 bits per heavy atom. The molecule has 1 aromatic carbocycles. The van der Waals surface area contributed by atoms with E-state index in [0.29, 0.717) is 23.4 Å². The van der Waals surface area contributed by atoms with Gasteiger partial charge in [-0.2, -0.15) is 4.98 Å². The Balaban J connectivity index is 2.45. The largest absolute Gasteiger partial charge is 0.438 e. The lowest BCUT2D eigenvalue weighted by molar-refractivity contribution is 0.447. The van der Waals surface area contributed by atoms with Crippen molar-refractivity contribution in [3.63, 3.8) is 0 Å². The van der Waals surface area contributed by atoms with Crippen molar-refractivity contribution in [3.05, 3.63) is 39.6 Å². The van der Waals surface area contributed by atoms with Crippen LogP contribution in [0.15, 0.2) is 22.7 Å². The zero-order valence-corrected chi connectivity index (χ0v) is 14.4. The maximum absolute atomic E-state index is 6.03. The van der Waals surface area contributed by atoms with Crippen molar-refractivity contribution in [1.29, 1.82) is 0 Å². The molecule has 0 saturated carbocycles. The number of benzene rings is 1. The average Bonchev–Trinajstić information content (AvgIpc) is 2.45. The van der Waals surface area contributed by atoms with Gasteiger partial charge in [-0.1, -0.05) is 36.7 Å². The van der Waals surface area contributed by atoms with Gasteiger partial charge in [0.25, 0.3) is 0 Å². The van der Waals surface area contributed by atoms with Crippen molar-refractivity contribution in [2.45, 2.75) is 40.0 Å². The third kappa shape index (κ3) is 3.53. The fourth-order valence-electron chi connectivity index (χ4n) is 1.98. The van der Waals surface area contributed by atoms with E-state index in [4.69, 9.17) is 10.5 Å². The van der Waals surface area contributed by atoms with Gasteiger partial charge in [-0.15, -0.1) is 0 Å². The van der Waals surface area contributed by atoms with Crippen LogP contribution in [0.1, 0.15) is 43.6 Å². The molecule has 2 N–H and O–H groups in total. The summed E-state index contributed by atoms with van der Waals surface area (Å²) in [6.45, 7) is 8.13. The number of nitrogen functional groups attached to an aromatic ring is 1. The normalized spacial score (nSPS) is 11.0. The van der Waals surface area contributed by atoms with Gasteiger partial charge in [0, 0.05) is 10.9 Å². The van der Waals surface area contributed by atoms with Gasteiger partial charge in [-0.05, 0) is 36.6 Å². The number of halogens is 1. The molecule has 112 valence electrons. The predicted octanol–water partition coefficient (Wildman–Crippen LogP) is 4.61. The second-order valence-corrected chi connectivity index (χ2v) is 6.16. The molecule has 0 aliphatic carbocycles. The van der Waals surface area contributed by atoms with Gasteiger partial charge in [0.1, 0.15) is 17.4 Å². The molecule has 2 rings (SSSR count). The van der Waals surface area contributed by atoms with Gasteiger partial charge in [0.2, 0.25) is 5.88 Å². The molecule has 0 spiro atoms. The molecule has 0 amide bonds. The standard InChI is InChI=1S/C16H20BrN3O/c1-5-14-19-15(18)10(4)16(20-14)21-13-7-6-11(17)8-12(13)9(2)3/h6-9H,5H2,1-4H3,(H2,18,19,20). The molecule has 0 saturated heterocycles. The van der Waals surface area contributed by atoms with Crippen molar-refractivity contribution in [1.82, 2.24) is 9.97 Å². The highest BCUT2D eigenvalue weighted by atomic mass is 79.9. The van der Waals surface area contributed by atoms with E-state index in [2.05, 4.69) is 45.8 Å². The smallest absolute Gasteiger partial charge is 0.227 e. The predicted molar refractivity (Wildman–Crippen MR) is 88.9 cm³/mol. The first kappa shape index (κ1) is 15.8. The van der Waals surface area contributed by atoms with Crippen molar-refractivity contribution in [2.24, 2.45) is 0 Å². The number of nitrogens with two attached hydrogens (primary N) is 1. The van der Waals surface area contributed by atoms with Gasteiger partial charge < -0.3 is 10.5 Å². The van der Waals surface area contributed by atoms with Crippen LogP contribution in [0.3, 0.4) is 0 Å². The van der Waals surface area contributed by atoms with E-state index in [1.165, 1.54) is 0 Å².